The Balaban J connectivity index is 2.07. The zero-order valence-corrected chi connectivity index (χ0v) is 14.8. The van der Waals surface area contributed by atoms with Crippen molar-refractivity contribution >= 4 is 28.8 Å². The monoisotopic (exact) mass is 353 g/mol. The van der Waals surface area contributed by atoms with Gasteiger partial charge in [-0.2, -0.15) is 0 Å². The van der Waals surface area contributed by atoms with E-state index in [0.29, 0.717) is 42.5 Å². The van der Waals surface area contributed by atoms with Gasteiger partial charge in [0.15, 0.2) is 0 Å². The molecular weight excluding hydrogens is 334 g/mol. The number of carbonyl (C=O) groups is 1. The van der Waals surface area contributed by atoms with Crippen molar-refractivity contribution in [1.29, 1.82) is 0 Å². The van der Waals surface area contributed by atoms with Crippen LogP contribution < -0.4 is 15.8 Å². The third kappa shape index (κ3) is 4.92. The van der Waals surface area contributed by atoms with Gasteiger partial charge >= 0.3 is 0 Å². The summed E-state index contributed by atoms with van der Waals surface area (Å²) in [5, 5.41) is 4.42. The molecule has 2 aromatic rings. The number of halogens is 1. The van der Waals surface area contributed by atoms with E-state index in [1.54, 1.807) is 29.5 Å². The molecule has 0 radical (unpaired) electrons. The van der Waals surface area contributed by atoms with Gasteiger partial charge in [0.05, 0.1) is 29.4 Å². The largest absolute Gasteiger partial charge is 0.493 e. The molecule has 7 heteroatoms. The van der Waals surface area contributed by atoms with Crippen molar-refractivity contribution in [2.24, 2.45) is 5.73 Å². The van der Waals surface area contributed by atoms with Crippen LogP contribution in [0.5, 0.6) is 5.75 Å². The fraction of sp³-hybridized carbons (Fsp3) is 0.375. The molecule has 1 heterocycles. The first kappa shape index (κ1) is 17.7. The van der Waals surface area contributed by atoms with Crippen molar-refractivity contribution in [3.8, 4) is 5.75 Å². The average Bonchev–Trinajstić information content (AvgIpc) is 2.83. The minimum Gasteiger partial charge on any atom is -0.493 e. The van der Waals surface area contributed by atoms with Crippen molar-refractivity contribution in [3.05, 3.63) is 44.4 Å². The molecule has 0 aliphatic rings. The van der Waals surface area contributed by atoms with Crippen LogP contribution in [0.2, 0.25) is 5.02 Å². The highest BCUT2D eigenvalue weighted by Crippen LogP contribution is 2.24. The van der Waals surface area contributed by atoms with Gasteiger partial charge in [-0.3, -0.25) is 4.79 Å². The van der Waals surface area contributed by atoms with E-state index >= 15 is 0 Å². The van der Waals surface area contributed by atoms with E-state index in [2.05, 4.69) is 10.3 Å². The Morgan fingerprint density at radius 2 is 2.22 bits per heavy atom. The highest BCUT2D eigenvalue weighted by molar-refractivity contribution is 7.11. The Kier molecular flexibility index (Phi) is 6.38. The molecule has 0 atom stereocenters. The number of aryl methyl sites for hydroxylation is 2. The van der Waals surface area contributed by atoms with Crippen LogP contribution in [0.25, 0.3) is 0 Å². The Morgan fingerprint density at radius 3 is 2.87 bits per heavy atom. The number of nitrogens with two attached hydrogens (primary N) is 1. The van der Waals surface area contributed by atoms with Gasteiger partial charge in [0.2, 0.25) is 0 Å². The first-order chi connectivity index (χ1) is 11.0. The van der Waals surface area contributed by atoms with E-state index in [1.807, 2.05) is 13.8 Å². The summed E-state index contributed by atoms with van der Waals surface area (Å²) in [5.74, 6) is 0.274. The molecular formula is C16H20ClN3O2S. The lowest BCUT2D eigenvalue weighted by molar-refractivity contribution is 0.0947. The Bertz CT molecular complexity index is 688. The second-order valence-electron chi connectivity index (χ2n) is 5.06. The highest BCUT2D eigenvalue weighted by Gasteiger charge is 2.14. The van der Waals surface area contributed by atoms with Crippen LogP contribution in [0.15, 0.2) is 18.2 Å². The zero-order chi connectivity index (χ0) is 16.8. The SMILES string of the molecule is Cc1nc(C)c(CNC(=O)c2ccc(Cl)cc2OCCCN)s1. The lowest BCUT2D eigenvalue weighted by Gasteiger charge is -2.12. The quantitative estimate of drug-likeness (QED) is 0.750. The van der Waals surface area contributed by atoms with Crippen LogP contribution in [0, 0.1) is 13.8 Å². The fourth-order valence-electron chi connectivity index (χ4n) is 2.06. The molecule has 1 aromatic carbocycles. The molecule has 0 saturated heterocycles. The third-order valence-electron chi connectivity index (χ3n) is 3.20. The molecule has 23 heavy (non-hydrogen) atoms. The standard InChI is InChI=1S/C16H20ClN3O2S/c1-10-15(23-11(2)20-10)9-19-16(21)13-5-4-12(17)8-14(13)22-7-3-6-18/h4-5,8H,3,6-7,9,18H2,1-2H3,(H,19,21). The van der Waals surface area contributed by atoms with Crippen LogP contribution >= 0.6 is 22.9 Å². The number of carbonyl (C=O) groups excluding carboxylic acids is 1. The van der Waals surface area contributed by atoms with E-state index in [0.717, 1.165) is 15.6 Å². The molecule has 0 bridgehead atoms. The van der Waals surface area contributed by atoms with Crippen molar-refractivity contribution in [1.82, 2.24) is 10.3 Å². The van der Waals surface area contributed by atoms with E-state index in [-0.39, 0.29) is 5.91 Å². The van der Waals surface area contributed by atoms with Crippen LogP contribution in [-0.4, -0.2) is 24.0 Å². The van der Waals surface area contributed by atoms with Crippen molar-refractivity contribution in [3.63, 3.8) is 0 Å². The molecule has 0 aliphatic heterocycles. The fourth-order valence-corrected chi connectivity index (χ4v) is 3.10. The number of hydrogen-bond donors (Lipinski definition) is 2. The van der Waals surface area contributed by atoms with Crippen LogP contribution in [0.4, 0.5) is 0 Å². The van der Waals surface area contributed by atoms with Crippen LogP contribution in [0.1, 0.15) is 32.4 Å². The van der Waals surface area contributed by atoms with E-state index in [9.17, 15) is 4.79 Å². The molecule has 0 unspecified atom stereocenters. The number of nitrogens with one attached hydrogen (secondary N) is 1. The molecule has 2 rings (SSSR count). The number of amides is 1. The van der Waals surface area contributed by atoms with E-state index in [1.165, 1.54) is 0 Å². The van der Waals surface area contributed by atoms with Gasteiger partial charge in [-0.15, -0.1) is 11.3 Å². The van der Waals surface area contributed by atoms with Gasteiger partial charge in [0, 0.05) is 9.90 Å². The summed E-state index contributed by atoms with van der Waals surface area (Å²) >= 11 is 7.57. The van der Waals surface area contributed by atoms with Crippen molar-refractivity contribution in [2.75, 3.05) is 13.2 Å². The molecule has 1 aromatic heterocycles. The number of rotatable bonds is 7. The van der Waals surface area contributed by atoms with Crippen molar-refractivity contribution in [2.45, 2.75) is 26.8 Å². The van der Waals surface area contributed by atoms with Crippen molar-refractivity contribution < 1.29 is 9.53 Å². The predicted molar refractivity (Wildman–Crippen MR) is 93.4 cm³/mol. The second kappa shape index (κ2) is 8.29. The molecule has 1 amide bonds. The summed E-state index contributed by atoms with van der Waals surface area (Å²) in [4.78, 5) is 17.8. The van der Waals surface area contributed by atoms with E-state index < -0.39 is 0 Å². The van der Waals surface area contributed by atoms with Gasteiger partial charge in [-0.1, -0.05) is 11.6 Å². The normalized spacial score (nSPS) is 10.6. The maximum absolute atomic E-state index is 12.4. The molecule has 3 N–H and O–H groups in total. The molecule has 0 spiro atoms. The van der Waals surface area contributed by atoms with Gasteiger partial charge in [-0.25, -0.2) is 4.98 Å². The first-order valence-corrected chi connectivity index (χ1v) is 8.54. The molecule has 0 aliphatic carbocycles. The van der Waals surface area contributed by atoms with Crippen LogP contribution in [0.3, 0.4) is 0 Å². The second-order valence-corrected chi connectivity index (χ2v) is 6.78. The van der Waals surface area contributed by atoms with Gasteiger partial charge in [0.1, 0.15) is 5.75 Å². The maximum Gasteiger partial charge on any atom is 0.255 e. The molecule has 0 fully saturated rings. The topological polar surface area (TPSA) is 77.2 Å². The van der Waals surface area contributed by atoms with Gasteiger partial charge in [0.25, 0.3) is 5.91 Å². The molecule has 124 valence electrons. The van der Waals surface area contributed by atoms with E-state index in [4.69, 9.17) is 22.1 Å². The van der Waals surface area contributed by atoms with Crippen LogP contribution in [-0.2, 0) is 6.54 Å². The predicted octanol–water partition coefficient (Wildman–Crippen LogP) is 3.07. The Labute approximate surface area is 144 Å². The number of hydrogen-bond acceptors (Lipinski definition) is 5. The maximum atomic E-state index is 12.4. The first-order valence-electron chi connectivity index (χ1n) is 7.34. The summed E-state index contributed by atoms with van der Waals surface area (Å²) in [6, 6.07) is 4.99. The highest BCUT2D eigenvalue weighted by atomic mass is 35.5. The smallest absolute Gasteiger partial charge is 0.255 e. The van der Waals surface area contributed by atoms with Gasteiger partial charge in [-0.05, 0) is 45.0 Å². The number of aromatic nitrogens is 1. The average molecular weight is 354 g/mol. The number of ether oxygens (including phenoxy) is 1. The number of benzene rings is 1. The minimum atomic E-state index is -0.199. The lowest BCUT2D eigenvalue weighted by Crippen LogP contribution is -2.23. The summed E-state index contributed by atoms with van der Waals surface area (Å²) in [5.41, 5.74) is 6.87. The zero-order valence-electron chi connectivity index (χ0n) is 13.2. The molecule has 5 nitrogen and oxygen atoms in total. The van der Waals surface area contributed by atoms with Gasteiger partial charge < -0.3 is 15.8 Å². The minimum absolute atomic E-state index is 0.199. The lowest BCUT2D eigenvalue weighted by atomic mass is 10.2. The summed E-state index contributed by atoms with van der Waals surface area (Å²) in [7, 11) is 0. The summed E-state index contributed by atoms with van der Waals surface area (Å²) < 4.78 is 5.62. The summed E-state index contributed by atoms with van der Waals surface area (Å²) in [6.07, 6.45) is 0.715. The number of nitrogens with zero attached hydrogens (tertiary/aromatic N) is 1. The Hall–Kier alpha value is -1.63. The third-order valence-corrected chi connectivity index (χ3v) is 4.51. The Morgan fingerprint density at radius 1 is 1.43 bits per heavy atom. The summed E-state index contributed by atoms with van der Waals surface area (Å²) in [6.45, 7) is 5.32. The molecule has 0 saturated carbocycles. The number of thiazole rings is 1.